The molecule has 1 aliphatic heterocycles. The predicted octanol–water partition coefficient (Wildman–Crippen LogP) is 5.70. The van der Waals surface area contributed by atoms with E-state index < -0.39 is 0 Å². The molecule has 2 N–H and O–H groups in total. The summed E-state index contributed by atoms with van der Waals surface area (Å²) in [6.07, 6.45) is 3.16. The zero-order chi connectivity index (χ0) is 24.5. The number of methoxy groups -OCH3 is 1. The molecule has 0 saturated carbocycles. The number of rotatable bonds is 9. The van der Waals surface area contributed by atoms with Gasteiger partial charge in [-0.3, -0.25) is 4.79 Å². The summed E-state index contributed by atoms with van der Waals surface area (Å²) in [5.74, 6) is -0.229. The minimum absolute atomic E-state index is 0.00954. The molecule has 3 rings (SSSR count). The first kappa shape index (κ1) is 25.6. The van der Waals surface area contributed by atoms with Crippen LogP contribution in [-0.4, -0.2) is 44.9 Å². The number of nitrogens with one attached hydrogen (secondary N) is 2. The Labute approximate surface area is 202 Å². The van der Waals surface area contributed by atoms with Crippen molar-refractivity contribution >= 4 is 29.1 Å². The number of hydrogen-bond acceptors (Lipinski definition) is 5. The Morgan fingerprint density at radius 2 is 1.91 bits per heavy atom. The lowest BCUT2D eigenvalue weighted by Crippen LogP contribution is -2.41. The Kier molecular flexibility index (Phi) is 9.33. The number of amides is 2. The molecule has 0 aliphatic carbocycles. The monoisotopic (exact) mass is 467 g/mol. The number of aryl methyl sites for hydroxylation is 1. The van der Waals surface area contributed by atoms with Crippen molar-refractivity contribution in [1.82, 2.24) is 0 Å². The number of carbonyl (C=O) groups excluding carboxylic acids is 2. The van der Waals surface area contributed by atoms with Crippen LogP contribution < -0.4 is 15.5 Å². The van der Waals surface area contributed by atoms with E-state index in [2.05, 4.69) is 41.5 Å². The second-order valence-electron chi connectivity index (χ2n) is 8.76. The van der Waals surface area contributed by atoms with E-state index in [1.807, 2.05) is 37.3 Å². The van der Waals surface area contributed by atoms with Crippen molar-refractivity contribution in [2.75, 3.05) is 42.4 Å². The Balaban J connectivity index is 1.91. The fraction of sp³-hybridized carbons (Fsp3) is 0.481. The summed E-state index contributed by atoms with van der Waals surface area (Å²) < 4.78 is 10.6. The lowest BCUT2D eigenvalue weighted by atomic mass is 9.92. The third-order valence-corrected chi connectivity index (χ3v) is 6.41. The van der Waals surface area contributed by atoms with Gasteiger partial charge in [0.25, 0.3) is 0 Å². The normalized spacial score (nSPS) is 16.4. The summed E-state index contributed by atoms with van der Waals surface area (Å²) in [7, 11) is 1.41. The van der Waals surface area contributed by atoms with E-state index in [0.29, 0.717) is 13.0 Å². The van der Waals surface area contributed by atoms with Crippen LogP contribution in [0.15, 0.2) is 42.5 Å². The molecule has 1 aliphatic rings. The molecule has 2 atom stereocenters. The average Bonchev–Trinajstić information content (AvgIpc) is 2.85. The van der Waals surface area contributed by atoms with Crippen LogP contribution in [0.25, 0.3) is 0 Å². The summed E-state index contributed by atoms with van der Waals surface area (Å²) in [6, 6.07) is 13.7. The van der Waals surface area contributed by atoms with Crippen LogP contribution in [0.4, 0.5) is 21.9 Å². The molecule has 0 bridgehead atoms. The molecule has 0 aromatic heterocycles. The highest BCUT2D eigenvalue weighted by Gasteiger charge is 2.25. The standard InChI is InChI=1S/C27H37N3O4/c1-5-20(17-26(31)33-4)21-11-14-25(30(6-2)23-8-7-15-34-18-23)24(16-21)29-27(32)28-22-12-9-19(3)10-13-22/h9-14,16,20,23H,5-8,15,17-18H2,1-4H3,(H2,28,29,32). The summed E-state index contributed by atoms with van der Waals surface area (Å²) >= 11 is 0. The maximum absolute atomic E-state index is 12.9. The van der Waals surface area contributed by atoms with Crippen LogP contribution in [0, 0.1) is 6.92 Å². The second-order valence-corrected chi connectivity index (χ2v) is 8.76. The summed E-state index contributed by atoms with van der Waals surface area (Å²) in [6.45, 7) is 8.43. The molecule has 1 fully saturated rings. The number of carbonyl (C=O) groups is 2. The van der Waals surface area contributed by atoms with Gasteiger partial charge in [-0.05, 0) is 68.9 Å². The van der Waals surface area contributed by atoms with E-state index >= 15 is 0 Å². The number of hydrogen-bond donors (Lipinski definition) is 2. The Morgan fingerprint density at radius 3 is 2.53 bits per heavy atom. The van der Waals surface area contributed by atoms with Gasteiger partial charge in [0.1, 0.15) is 0 Å². The van der Waals surface area contributed by atoms with E-state index in [9.17, 15) is 9.59 Å². The fourth-order valence-electron chi connectivity index (χ4n) is 4.46. The van der Waals surface area contributed by atoms with Gasteiger partial charge in [-0.25, -0.2) is 4.79 Å². The SMILES string of the molecule is CCC(CC(=O)OC)c1ccc(N(CC)C2CCCOC2)c(NC(=O)Nc2ccc(C)cc2)c1. The molecule has 184 valence electrons. The molecule has 1 heterocycles. The van der Waals surface area contributed by atoms with Crippen LogP contribution in [0.5, 0.6) is 0 Å². The predicted molar refractivity (Wildman–Crippen MR) is 137 cm³/mol. The van der Waals surface area contributed by atoms with Gasteiger partial charge in [0.05, 0.1) is 37.6 Å². The van der Waals surface area contributed by atoms with Gasteiger partial charge in [0, 0.05) is 18.8 Å². The minimum Gasteiger partial charge on any atom is -0.469 e. The van der Waals surface area contributed by atoms with Gasteiger partial charge >= 0.3 is 12.0 Å². The fourth-order valence-corrected chi connectivity index (χ4v) is 4.46. The molecule has 2 amide bonds. The summed E-state index contributed by atoms with van der Waals surface area (Å²) in [5, 5.41) is 5.98. The highest BCUT2D eigenvalue weighted by molar-refractivity contribution is 6.02. The molecular weight excluding hydrogens is 430 g/mol. The van der Waals surface area contributed by atoms with E-state index in [-0.39, 0.29) is 24.0 Å². The molecule has 0 spiro atoms. The van der Waals surface area contributed by atoms with Crippen LogP contribution in [0.2, 0.25) is 0 Å². The summed E-state index contributed by atoms with van der Waals surface area (Å²) in [5.41, 5.74) is 4.53. The molecule has 34 heavy (non-hydrogen) atoms. The number of urea groups is 1. The van der Waals surface area contributed by atoms with Gasteiger partial charge in [-0.2, -0.15) is 0 Å². The molecule has 7 nitrogen and oxygen atoms in total. The molecule has 0 radical (unpaired) electrons. The van der Waals surface area contributed by atoms with Crippen molar-refractivity contribution < 1.29 is 19.1 Å². The highest BCUT2D eigenvalue weighted by atomic mass is 16.5. The average molecular weight is 468 g/mol. The minimum atomic E-state index is -0.306. The van der Waals surface area contributed by atoms with Crippen molar-refractivity contribution in [2.24, 2.45) is 0 Å². The largest absolute Gasteiger partial charge is 0.469 e. The lowest BCUT2D eigenvalue weighted by molar-refractivity contribution is -0.141. The van der Waals surface area contributed by atoms with E-state index in [1.165, 1.54) is 7.11 Å². The van der Waals surface area contributed by atoms with Crippen molar-refractivity contribution in [3.05, 3.63) is 53.6 Å². The zero-order valence-corrected chi connectivity index (χ0v) is 20.7. The van der Waals surface area contributed by atoms with Gasteiger partial charge in [0.2, 0.25) is 0 Å². The number of ether oxygens (including phenoxy) is 2. The first-order chi connectivity index (χ1) is 16.4. The third kappa shape index (κ3) is 6.73. The number of benzene rings is 2. The Morgan fingerprint density at radius 1 is 1.15 bits per heavy atom. The highest BCUT2D eigenvalue weighted by Crippen LogP contribution is 2.35. The van der Waals surface area contributed by atoms with Crippen LogP contribution in [0.3, 0.4) is 0 Å². The van der Waals surface area contributed by atoms with Gasteiger partial charge < -0.3 is 25.0 Å². The number of anilines is 3. The Hall–Kier alpha value is -3.06. The molecule has 2 aromatic carbocycles. The molecule has 1 saturated heterocycles. The quantitative estimate of drug-likeness (QED) is 0.462. The van der Waals surface area contributed by atoms with E-state index in [4.69, 9.17) is 9.47 Å². The number of nitrogens with zero attached hydrogens (tertiary/aromatic N) is 1. The van der Waals surface area contributed by atoms with Gasteiger partial charge in [-0.15, -0.1) is 0 Å². The maximum Gasteiger partial charge on any atom is 0.323 e. The molecule has 2 unspecified atom stereocenters. The van der Waals surface area contributed by atoms with Crippen molar-refractivity contribution in [1.29, 1.82) is 0 Å². The first-order valence-corrected chi connectivity index (χ1v) is 12.1. The van der Waals surface area contributed by atoms with Crippen molar-refractivity contribution in [2.45, 2.75) is 58.4 Å². The van der Waals surface area contributed by atoms with Crippen molar-refractivity contribution in [3.8, 4) is 0 Å². The van der Waals surface area contributed by atoms with E-state index in [0.717, 1.165) is 60.6 Å². The van der Waals surface area contributed by atoms with Crippen LogP contribution >= 0.6 is 0 Å². The maximum atomic E-state index is 12.9. The summed E-state index contributed by atoms with van der Waals surface area (Å²) in [4.78, 5) is 27.2. The second kappa shape index (κ2) is 12.4. The first-order valence-electron chi connectivity index (χ1n) is 12.1. The van der Waals surface area contributed by atoms with Gasteiger partial charge in [0.15, 0.2) is 0 Å². The van der Waals surface area contributed by atoms with Crippen LogP contribution in [0.1, 0.15) is 56.6 Å². The lowest BCUT2D eigenvalue weighted by Gasteiger charge is -2.36. The number of esters is 1. The Bertz CT molecular complexity index is 955. The van der Waals surface area contributed by atoms with Gasteiger partial charge in [-0.1, -0.05) is 30.7 Å². The smallest absolute Gasteiger partial charge is 0.323 e. The molecule has 7 heteroatoms. The van der Waals surface area contributed by atoms with Crippen molar-refractivity contribution in [3.63, 3.8) is 0 Å². The third-order valence-electron chi connectivity index (χ3n) is 6.41. The van der Waals surface area contributed by atoms with Crippen LogP contribution in [-0.2, 0) is 14.3 Å². The van der Waals surface area contributed by atoms with E-state index in [1.54, 1.807) is 0 Å². The molecular formula is C27H37N3O4. The topological polar surface area (TPSA) is 79.9 Å². The molecule has 2 aromatic rings. The number of likely N-dealkylation sites (N-methyl/N-ethyl adjacent to an activating group) is 1. The zero-order valence-electron chi connectivity index (χ0n) is 20.7.